The van der Waals surface area contributed by atoms with Gasteiger partial charge in [0.15, 0.2) is 5.78 Å². The maximum absolute atomic E-state index is 12.9. The lowest BCUT2D eigenvalue weighted by atomic mass is 10.1. The number of benzene rings is 2. The van der Waals surface area contributed by atoms with E-state index < -0.39 is 9.84 Å². The predicted octanol–water partition coefficient (Wildman–Crippen LogP) is 4.77. The van der Waals surface area contributed by atoms with Crippen molar-refractivity contribution >= 4 is 33.0 Å². The highest BCUT2D eigenvalue weighted by Gasteiger charge is 2.19. The molecule has 0 unspecified atom stereocenters. The second-order valence-electron chi connectivity index (χ2n) is 6.75. The second kappa shape index (κ2) is 7.37. The quantitative estimate of drug-likeness (QED) is 0.570. The molecule has 0 saturated heterocycles. The van der Waals surface area contributed by atoms with Crippen LogP contribution in [-0.4, -0.2) is 19.1 Å². The Bertz CT molecular complexity index is 1160. The number of sulfone groups is 1. The molecule has 0 aliphatic carbocycles. The Kier molecular flexibility index (Phi) is 4.91. The van der Waals surface area contributed by atoms with E-state index in [-0.39, 0.29) is 15.6 Å². The van der Waals surface area contributed by atoms with E-state index >= 15 is 0 Å². The molecule has 2 heterocycles. The third-order valence-corrected chi connectivity index (χ3v) is 7.45. The number of carbonyl (C=O) groups excluding carboxylic acids is 1. The Hall–Kier alpha value is -2.70. The minimum atomic E-state index is -3.66. The van der Waals surface area contributed by atoms with Crippen molar-refractivity contribution in [2.45, 2.75) is 29.8 Å². The lowest BCUT2D eigenvalue weighted by Gasteiger charge is -2.23. The first-order valence-corrected chi connectivity index (χ1v) is 11.2. The van der Waals surface area contributed by atoms with Crippen LogP contribution in [0.15, 0.2) is 76.0 Å². The van der Waals surface area contributed by atoms with Crippen LogP contribution >= 0.6 is 11.3 Å². The summed E-state index contributed by atoms with van der Waals surface area (Å²) in [5, 5.41) is 2.10. The average molecular weight is 410 g/mol. The number of fused-ring (bicyclic) bond motifs is 1. The maximum atomic E-state index is 12.9. The van der Waals surface area contributed by atoms with Gasteiger partial charge in [0.25, 0.3) is 0 Å². The molecule has 4 nitrogen and oxygen atoms in total. The molecule has 28 heavy (non-hydrogen) atoms. The van der Waals surface area contributed by atoms with E-state index in [0.29, 0.717) is 12.1 Å². The van der Waals surface area contributed by atoms with Gasteiger partial charge in [-0.05, 0) is 59.8 Å². The number of Topliss-reactive ketones (excluding diaryl/α,β-unsaturated/α-hetero) is 1. The number of hydrogen-bond donors (Lipinski definition) is 0. The number of carbonyl (C=O) groups is 1. The van der Waals surface area contributed by atoms with Crippen LogP contribution in [-0.2, 0) is 22.9 Å². The van der Waals surface area contributed by atoms with Crippen molar-refractivity contribution in [2.75, 3.05) is 0 Å². The molecule has 0 radical (unpaired) electrons. The smallest absolute Gasteiger partial charge is 0.206 e. The molecule has 1 aliphatic rings. The third kappa shape index (κ3) is 3.66. The summed E-state index contributed by atoms with van der Waals surface area (Å²) < 4.78 is 25.8. The number of ketones is 1. The number of hydrogen-bond acceptors (Lipinski definition) is 5. The molecule has 0 amide bonds. The fourth-order valence-corrected chi connectivity index (χ4v) is 5.38. The topological polar surface area (TPSA) is 54.5 Å². The summed E-state index contributed by atoms with van der Waals surface area (Å²) in [7, 11) is -3.66. The maximum Gasteiger partial charge on any atom is 0.206 e. The van der Waals surface area contributed by atoms with Crippen molar-refractivity contribution in [3.63, 3.8) is 0 Å². The van der Waals surface area contributed by atoms with Crippen molar-refractivity contribution in [2.24, 2.45) is 0 Å². The van der Waals surface area contributed by atoms with Gasteiger partial charge in [0.2, 0.25) is 9.84 Å². The van der Waals surface area contributed by atoms with E-state index in [4.69, 9.17) is 0 Å². The van der Waals surface area contributed by atoms with Gasteiger partial charge in [-0.15, -0.1) is 11.3 Å². The molecular formula is C22H19NO3S2. The van der Waals surface area contributed by atoms with Crippen molar-refractivity contribution in [3.8, 4) is 0 Å². The van der Waals surface area contributed by atoms with Gasteiger partial charge >= 0.3 is 0 Å². The SMILES string of the molecule is CC(=O)c1cccc(S(=O)(=O)c2ccc(CN3C=Cc4ccsc4C3)cc2)c1. The Morgan fingerprint density at radius 2 is 1.86 bits per heavy atom. The number of nitrogens with zero attached hydrogens (tertiary/aromatic N) is 1. The third-order valence-electron chi connectivity index (χ3n) is 4.76. The van der Waals surface area contributed by atoms with Crippen LogP contribution in [0.1, 0.15) is 33.3 Å². The number of rotatable bonds is 5. The molecule has 0 atom stereocenters. The predicted molar refractivity (Wildman–Crippen MR) is 111 cm³/mol. The first-order valence-electron chi connectivity index (χ1n) is 8.87. The summed E-state index contributed by atoms with van der Waals surface area (Å²) in [6.07, 6.45) is 4.18. The average Bonchev–Trinajstić information content (AvgIpc) is 3.16. The fourth-order valence-electron chi connectivity index (χ4n) is 3.19. The second-order valence-corrected chi connectivity index (χ2v) is 9.70. The summed E-state index contributed by atoms with van der Waals surface area (Å²) in [6.45, 7) is 3.00. The standard InChI is InChI=1S/C22H19NO3S2/c1-16(24)19-3-2-4-21(13-19)28(25,26)20-7-5-17(6-8-20)14-23-11-9-18-10-12-27-22(18)15-23/h2-13H,14-15H2,1H3. The van der Waals surface area contributed by atoms with E-state index in [2.05, 4.69) is 28.6 Å². The Morgan fingerprint density at radius 1 is 1.07 bits per heavy atom. The molecular weight excluding hydrogens is 390 g/mol. The molecule has 0 fully saturated rings. The summed E-state index contributed by atoms with van der Waals surface area (Å²) in [4.78, 5) is 15.5. The molecule has 2 aromatic carbocycles. The van der Waals surface area contributed by atoms with Crippen molar-refractivity contribution < 1.29 is 13.2 Å². The fraction of sp³-hybridized carbons (Fsp3) is 0.136. The van der Waals surface area contributed by atoms with Crippen LogP contribution in [0, 0.1) is 0 Å². The van der Waals surface area contributed by atoms with Crippen LogP contribution in [0.2, 0.25) is 0 Å². The van der Waals surface area contributed by atoms with E-state index in [1.807, 2.05) is 12.1 Å². The Labute approximate surface area is 168 Å². The molecule has 3 aromatic rings. The van der Waals surface area contributed by atoms with Crippen molar-refractivity contribution in [1.29, 1.82) is 0 Å². The molecule has 0 spiro atoms. The molecule has 142 valence electrons. The molecule has 0 saturated carbocycles. The van der Waals surface area contributed by atoms with Crippen LogP contribution in [0.4, 0.5) is 0 Å². The van der Waals surface area contributed by atoms with Gasteiger partial charge in [-0.2, -0.15) is 0 Å². The minimum Gasteiger partial charge on any atom is -0.368 e. The largest absolute Gasteiger partial charge is 0.368 e. The Morgan fingerprint density at radius 3 is 2.61 bits per heavy atom. The van der Waals surface area contributed by atoms with Crippen LogP contribution in [0.25, 0.3) is 6.08 Å². The Balaban J connectivity index is 1.53. The monoisotopic (exact) mass is 409 g/mol. The highest BCUT2D eigenvalue weighted by molar-refractivity contribution is 7.91. The zero-order valence-electron chi connectivity index (χ0n) is 15.3. The zero-order valence-corrected chi connectivity index (χ0v) is 17.0. The van der Waals surface area contributed by atoms with Gasteiger partial charge in [-0.25, -0.2) is 8.42 Å². The van der Waals surface area contributed by atoms with Crippen LogP contribution in [0.3, 0.4) is 0 Å². The summed E-state index contributed by atoms with van der Waals surface area (Å²) in [5.41, 5.74) is 2.71. The van der Waals surface area contributed by atoms with Gasteiger partial charge in [-0.3, -0.25) is 4.79 Å². The van der Waals surface area contributed by atoms with Gasteiger partial charge in [0.1, 0.15) is 0 Å². The van der Waals surface area contributed by atoms with E-state index in [9.17, 15) is 13.2 Å². The first-order chi connectivity index (χ1) is 13.4. The molecule has 1 aliphatic heterocycles. The van der Waals surface area contributed by atoms with Gasteiger partial charge < -0.3 is 4.90 Å². The summed E-state index contributed by atoms with van der Waals surface area (Å²) in [5.74, 6) is -0.157. The van der Waals surface area contributed by atoms with Crippen LogP contribution in [0.5, 0.6) is 0 Å². The summed E-state index contributed by atoms with van der Waals surface area (Å²) in [6, 6.07) is 15.3. The molecule has 4 rings (SSSR count). The first kappa shape index (κ1) is 18.7. The molecule has 0 N–H and O–H groups in total. The van der Waals surface area contributed by atoms with Crippen LogP contribution < -0.4 is 0 Å². The lowest BCUT2D eigenvalue weighted by molar-refractivity contribution is 0.101. The minimum absolute atomic E-state index is 0.136. The lowest BCUT2D eigenvalue weighted by Crippen LogP contribution is -2.18. The van der Waals surface area contributed by atoms with E-state index in [0.717, 1.165) is 12.1 Å². The molecule has 1 aromatic heterocycles. The van der Waals surface area contributed by atoms with E-state index in [1.165, 1.54) is 29.5 Å². The summed E-state index contributed by atoms with van der Waals surface area (Å²) >= 11 is 1.75. The number of thiophene rings is 1. The van der Waals surface area contributed by atoms with Gasteiger partial charge in [0, 0.05) is 23.2 Å². The van der Waals surface area contributed by atoms with Crippen molar-refractivity contribution in [3.05, 3.63) is 87.7 Å². The van der Waals surface area contributed by atoms with Gasteiger partial charge in [-0.1, -0.05) is 24.3 Å². The highest BCUT2D eigenvalue weighted by Crippen LogP contribution is 2.27. The van der Waals surface area contributed by atoms with E-state index in [1.54, 1.807) is 35.6 Å². The normalized spacial score (nSPS) is 13.4. The molecule has 6 heteroatoms. The van der Waals surface area contributed by atoms with Gasteiger partial charge in [0.05, 0.1) is 16.3 Å². The zero-order chi connectivity index (χ0) is 19.7. The molecule has 0 bridgehead atoms. The van der Waals surface area contributed by atoms with Crippen molar-refractivity contribution in [1.82, 2.24) is 4.90 Å². The highest BCUT2D eigenvalue weighted by atomic mass is 32.2.